The second-order valence-electron chi connectivity index (χ2n) is 6.52. The molecule has 1 aliphatic rings. The molecule has 1 unspecified atom stereocenters. The molecule has 0 bridgehead atoms. The Morgan fingerprint density at radius 3 is 2.70 bits per heavy atom. The summed E-state index contributed by atoms with van der Waals surface area (Å²) in [5.74, 6) is 0.833. The van der Waals surface area contributed by atoms with Crippen LogP contribution in [0.5, 0.6) is 0 Å². The highest BCUT2D eigenvalue weighted by molar-refractivity contribution is 7.11. The highest BCUT2D eigenvalue weighted by atomic mass is 32.1. The molecule has 1 aromatic carbocycles. The maximum atomic E-state index is 5.54. The molecule has 1 saturated heterocycles. The average Bonchev–Trinajstić information content (AvgIpc) is 3.13. The molecule has 2 heterocycles. The molecule has 0 spiro atoms. The van der Waals surface area contributed by atoms with Gasteiger partial charge in [0.15, 0.2) is 5.96 Å². The zero-order valence-corrected chi connectivity index (χ0v) is 17.0. The number of rotatable bonds is 7. The summed E-state index contributed by atoms with van der Waals surface area (Å²) in [4.78, 5) is 12.8. The fraction of sp³-hybridized carbons (Fsp3) is 0.500. The van der Waals surface area contributed by atoms with Gasteiger partial charge in [-0.1, -0.05) is 30.3 Å². The summed E-state index contributed by atoms with van der Waals surface area (Å²) in [6.07, 6.45) is 1.90. The molecule has 0 amide bonds. The fourth-order valence-electron chi connectivity index (χ4n) is 3.18. The van der Waals surface area contributed by atoms with Crippen LogP contribution in [-0.2, 0) is 11.3 Å². The molecule has 1 aromatic heterocycles. The Labute approximate surface area is 165 Å². The SMILES string of the molecule is CCNC(=NCc1ncc(C)s1)NCC(c1ccccc1)N1CCOCC1. The average molecular weight is 388 g/mol. The van der Waals surface area contributed by atoms with Gasteiger partial charge in [-0.05, 0) is 19.4 Å². The van der Waals surface area contributed by atoms with Crippen molar-refractivity contribution in [3.05, 3.63) is 52.0 Å². The number of guanidine groups is 1. The van der Waals surface area contributed by atoms with Gasteiger partial charge in [-0.3, -0.25) is 4.90 Å². The summed E-state index contributed by atoms with van der Waals surface area (Å²) in [6, 6.07) is 11.0. The van der Waals surface area contributed by atoms with Crippen LogP contribution in [0.4, 0.5) is 0 Å². The van der Waals surface area contributed by atoms with Gasteiger partial charge in [-0.15, -0.1) is 11.3 Å². The molecule has 1 fully saturated rings. The Morgan fingerprint density at radius 2 is 2.04 bits per heavy atom. The van der Waals surface area contributed by atoms with Gasteiger partial charge in [0.2, 0.25) is 0 Å². The molecule has 0 aliphatic carbocycles. The zero-order chi connectivity index (χ0) is 18.9. The zero-order valence-electron chi connectivity index (χ0n) is 16.1. The molecule has 1 atom stereocenters. The van der Waals surface area contributed by atoms with Crippen molar-refractivity contribution < 1.29 is 4.74 Å². The first-order chi connectivity index (χ1) is 13.3. The molecule has 2 aromatic rings. The maximum Gasteiger partial charge on any atom is 0.191 e. The number of benzene rings is 1. The van der Waals surface area contributed by atoms with Crippen LogP contribution in [0.2, 0.25) is 0 Å². The Morgan fingerprint density at radius 1 is 1.26 bits per heavy atom. The van der Waals surface area contributed by atoms with Crippen molar-refractivity contribution >= 4 is 17.3 Å². The number of nitrogens with one attached hydrogen (secondary N) is 2. The van der Waals surface area contributed by atoms with E-state index in [1.807, 2.05) is 6.20 Å². The van der Waals surface area contributed by atoms with Crippen molar-refractivity contribution in [1.82, 2.24) is 20.5 Å². The first kappa shape index (κ1) is 19.8. The van der Waals surface area contributed by atoms with E-state index in [4.69, 9.17) is 9.73 Å². The van der Waals surface area contributed by atoms with E-state index in [-0.39, 0.29) is 0 Å². The van der Waals surface area contributed by atoms with Crippen LogP contribution in [0.3, 0.4) is 0 Å². The first-order valence-electron chi connectivity index (χ1n) is 9.56. The summed E-state index contributed by atoms with van der Waals surface area (Å²) >= 11 is 1.70. The topological polar surface area (TPSA) is 61.8 Å². The number of aromatic nitrogens is 1. The lowest BCUT2D eigenvalue weighted by Gasteiger charge is -2.35. The van der Waals surface area contributed by atoms with Crippen molar-refractivity contribution in [3.8, 4) is 0 Å². The van der Waals surface area contributed by atoms with Gasteiger partial charge in [0.05, 0.1) is 25.8 Å². The van der Waals surface area contributed by atoms with Gasteiger partial charge < -0.3 is 15.4 Å². The van der Waals surface area contributed by atoms with Crippen LogP contribution in [0.25, 0.3) is 0 Å². The summed E-state index contributed by atoms with van der Waals surface area (Å²) in [7, 11) is 0. The number of morpholine rings is 1. The third-order valence-corrected chi connectivity index (χ3v) is 5.42. The smallest absolute Gasteiger partial charge is 0.191 e. The summed E-state index contributed by atoms with van der Waals surface area (Å²) in [5, 5.41) is 7.91. The molecule has 0 saturated carbocycles. The summed E-state index contributed by atoms with van der Waals surface area (Å²) in [6.45, 7) is 9.87. The van der Waals surface area contributed by atoms with Crippen molar-refractivity contribution in [2.24, 2.45) is 4.99 Å². The Bertz CT molecular complexity index is 712. The second-order valence-corrected chi connectivity index (χ2v) is 7.83. The van der Waals surface area contributed by atoms with E-state index >= 15 is 0 Å². The second kappa shape index (κ2) is 10.4. The predicted octanol–water partition coefficient (Wildman–Crippen LogP) is 2.58. The van der Waals surface area contributed by atoms with E-state index in [9.17, 15) is 0 Å². The predicted molar refractivity (Wildman–Crippen MR) is 111 cm³/mol. The summed E-state index contributed by atoms with van der Waals surface area (Å²) in [5.41, 5.74) is 1.32. The van der Waals surface area contributed by atoms with Crippen LogP contribution in [0.1, 0.15) is 28.4 Å². The number of ether oxygens (including phenoxy) is 1. The lowest BCUT2D eigenvalue weighted by Crippen LogP contribution is -2.46. The van der Waals surface area contributed by atoms with Crippen molar-refractivity contribution in [1.29, 1.82) is 0 Å². The van der Waals surface area contributed by atoms with Gasteiger partial charge in [-0.25, -0.2) is 9.98 Å². The van der Waals surface area contributed by atoms with Crippen LogP contribution < -0.4 is 10.6 Å². The minimum atomic E-state index is 0.293. The number of nitrogens with zero attached hydrogens (tertiary/aromatic N) is 3. The van der Waals surface area contributed by atoms with E-state index in [1.54, 1.807) is 11.3 Å². The molecule has 7 heteroatoms. The van der Waals surface area contributed by atoms with E-state index in [0.29, 0.717) is 12.6 Å². The fourth-order valence-corrected chi connectivity index (χ4v) is 3.89. The lowest BCUT2D eigenvalue weighted by atomic mass is 10.0. The molecule has 6 nitrogen and oxygen atoms in total. The third kappa shape index (κ3) is 6.02. The van der Waals surface area contributed by atoms with E-state index in [2.05, 4.69) is 64.7 Å². The highest BCUT2D eigenvalue weighted by Crippen LogP contribution is 2.21. The Balaban J connectivity index is 1.67. The van der Waals surface area contributed by atoms with E-state index in [1.165, 1.54) is 10.4 Å². The molecule has 146 valence electrons. The van der Waals surface area contributed by atoms with Crippen LogP contribution >= 0.6 is 11.3 Å². The van der Waals surface area contributed by atoms with Crippen molar-refractivity contribution in [2.75, 3.05) is 39.4 Å². The Kier molecular flexibility index (Phi) is 7.62. The molecular formula is C20H29N5OS. The normalized spacial score (nSPS) is 16.9. The molecule has 3 rings (SSSR count). The van der Waals surface area contributed by atoms with Crippen LogP contribution in [0.15, 0.2) is 41.5 Å². The quantitative estimate of drug-likeness (QED) is 0.565. The van der Waals surface area contributed by atoms with E-state index in [0.717, 1.165) is 50.4 Å². The van der Waals surface area contributed by atoms with Crippen molar-refractivity contribution in [2.45, 2.75) is 26.4 Å². The molecule has 1 aliphatic heterocycles. The number of aryl methyl sites for hydroxylation is 1. The number of thiazole rings is 1. The molecule has 2 N–H and O–H groups in total. The van der Waals surface area contributed by atoms with Crippen molar-refractivity contribution in [3.63, 3.8) is 0 Å². The minimum Gasteiger partial charge on any atom is -0.379 e. The number of hydrogen-bond acceptors (Lipinski definition) is 5. The van der Waals surface area contributed by atoms with E-state index < -0.39 is 0 Å². The minimum absolute atomic E-state index is 0.293. The Hall–Kier alpha value is -1.96. The van der Waals surface area contributed by atoms with Gasteiger partial charge in [0.1, 0.15) is 5.01 Å². The van der Waals surface area contributed by atoms with Gasteiger partial charge in [-0.2, -0.15) is 0 Å². The largest absolute Gasteiger partial charge is 0.379 e. The van der Waals surface area contributed by atoms with Gasteiger partial charge >= 0.3 is 0 Å². The van der Waals surface area contributed by atoms with Gasteiger partial charge in [0, 0.05) is 37.3 Å². The maximum absolute atomic E-state index is 5.54. The highest BCUT2D eigenvalue weighted by Gasteiger charge is 2.22. The number of aliphatic imine (C=N–C) groups is 1. The van der Waals surface area contributed by atoms with Crippen LogP contribution in [0, 0.1) is 6.92 Å². The molecule has 0 radical (unpaired) electrons. The molecular weight excluding hydrogens is 358 g/mol. The molecule has 27 heavy (non-hydrogen) atoms. The van der Waals surface area contributed by atoms with Gasteiger partial charge in [0.25, 0.3) is 0 Å². The first-order valence-corrected chi connectivity index (χ1v) is 10.4. The van der Waals surface area contributed by atoms with Crippen LogP contribution in [-0.4, -0.2) is 55.2 Å². The summed E-state index contributed by atoms with van der Waals surface area (Å²) < 4.78 is 5.54. The standard InChI is InChI=1S/C20H29N5OS/c1-3-21-20(24-15-19-22-13-16(2)27-19)23-14-18(17-7-5-4-6-8-17)25-9-11-26-12-10-25/h4-8,13,18H,3,9-12,14-15H2,1-2H3,(H2,21,23,24). The monoisotopic (exact) mass is 387 g/mol. The number of hydrogen-bond donors (Lipinski definition) is 2. The third-order valence-electron chi connectivity index (χ3n) is 4.52. The lowest BCUT2D eigenvalue weighted by molar-refractivity contribution is 0.0170.